The van der Waals surface area contributed by atoms with Crippen molar-refractivity contribution in [3.8, 4) is 5.75 Å². The lowest BCUT2D eigenvalue weighted by Crippen LogP contribution is -2.45. The lowest BCUT2D eigenvalue weighted by Gasteiger charge is -2.34. The number of rotatable bonds is 5. The Kier molecular flexibility index (Phi) is 4.54. The van der Waals surface area contributed by atoms with E-state index >= 15 is 0 Å². The molecule has 158 valence electrons. The highest BCUT2D eigenvalue weighted by molar-refractivity contribution is 6.05. The van der Waals surface area contributed by atoms with E-state index in [1.165, 1.54) is 0 Å². The van der Waals surface area contributed by atoms with Gasteiger partial charge in [0.2, 0.25) is 11.9 Å². The zero-order valence-corrected chi connectivity index (χ0v) is 17.7. The summed E-state index contributed by atoms with van der Waals surface area (Å²) in [6, 6.07) is 13.5. The van der Waals surface area contributed by atoms with Gasteiger partial charge in [-0.1, -0.05) is 18.2 Å². The van der Waals surface area contributed by atoms with Crippen LogP contribution in [-0.2, 0) is 23.3 Å². The Labute approximate surface area is 181 Å². The number of benzene rings is 2. The van der Waals surface area contributed by atoms with Crippen molar-refractivity contribution in [2.45, 2.75) is 38.3 Å². The molecule has 1 amide bonds. The lowest BCUT2D eigenvalue weighted by atomic mass is 9.91. The van der Waals surface area contributed by atoms with Crippen LogP contribution in [0.3, 0.4) is 0 Å². The summed E-state index contributed by atoms with van der Waals surface area (Å²) < 4.78 is 5.20. The quantitative estimate of drug-likeness (QED) is 0.619. The van der Waals surface area contributed by atoms with Crippen LogP contribution in [0.1, 0.15) is 35.2 Å². The number of methoxy groups -OCH3 is 1. The minimum absolute atomic E-state index is 0.105. The minimum atomic E-state index is -0.538. The molecule has 2 aliphatic rings. The molecule has 3 N–H and O–H groups in total. The molecular formula is C24H25N5O2. The molecule has 0 radical (unpaired) electrons. The molecule has 5 rings (SSSR count). The molecule has 2 aromatic carbocycles. The van der Waals surface area contributed by atoms with Crippen molar-refractivity contribution in [2.75, 3.05) is 23.1 Å². The summed E-state index contributed by atoms with van der Waals surface area (Å²) in [5.41, 5.74) is 11.0. The first-order valence-corrected chi connectivity index (χ1v) is 10.4. The molecule has 2 heterocycles. The minimum Gasteiger partial charge on any atom is -0.497 e. The first kappa shape index (κ1) is 19.4. The molecule has 1 aliphatic carbocycles. The third-order valence-electron chi connectivity index (χ3n) is 6.18. The molecule has 0 bridgehead atoms. The van der Waals surface area contributed by atoms with Crippen molar-refractivity contribution in [3.05, 3.63) is 71.0 Å². The second-order valence-electron chi connectivity index (χ2n) is 8.29. The summed E-state index contributed by atoms with van der Waals surface area (Å²) in [4.78, 5) is 24.6. The zero-order valence-electron chi connectivity index (χ0n) is 17.7. The van der Waals surface area contributed by atoms with Crippen LogP contribution in [0.5, 0.6) is 5.75 Å². The number of ether oxygens (including phenoxy) is 1. The summed E-state index contributed by atoms with van der Waals surface area (Å²) in [6.07, 6.45) is 3.47. The van der Waals surface area contributed by atoms with Crippen molar-refractivity contribution < 1.29 is 9.53 Å². The molecular weight excluding hydrogens is 390 g/mol. The molecule has 3 aromatic rings. The third kappa shape index (κ3) is 3.36. The van der Waals surface area contributed by atoms with Gasteiger partial charge in [-0.15, -0.1) is 0 Å². The van der Waals surface area contributed by atoms with Gasteiger partial charge in [-0.25, -0.2) is 9.97 Å². The van der Waals surface area contributed by atoms with Crippen molar-refractivity contribution in [2.24, 2.45) is 0 Å². The van der Waals surface area contributed by atoms with Crippen molar-refractivity contribution >= 4 is 23.2 Å². The highest BCUT2D eigenvalue weighted by Gasteiger charge is 2.58. The van der Waals surface area contributed by atoms with Gasteiger partial charge in [0.05, 0.1) is 24.8 Å². The Bertz CT molecular complexity index is 1160. The van der Waals surface area contributed by atoms with E-state index in [0.29, 0.717) is 24.7 Å². The second-order valence-corrected chi connectivity index (χ2v) is 8.29. The highest BCUT2D eigenvalue weighted by Crippen LogP contribution is 2.53. The first-order valence-electron chi connectivity index (χ1n) is 10.4. The maximum Gasteiger partial charge on any atom is 0.239 e. The van der Waals surface area contributed by atoms with Crippen LogP contribution >= 0.6 is 0 Å². The van der Waals surface area contributed by atoms with Gasteiger partial charge in [0.15, 0.2) is 0 Å². The summed E-state index contributed by atoms with van der Waals surface area (Å²) in [5.74, 6) is 1.47. The van der Waals surface area contributed by atoms with Gasteiger partial charge in [-0.05, 0) is 55.2 Å². The number of carbonyl (C=O) groups excluding carboxylic acids is 1. The largest absolute Gasteiger partial charge is 0.497 e. The van der Waals surface area contributed by atoms with Crippen LogP contribution in [0.15, 0.2) is 48.7 Å². The van der Waals surface area contributed by atoms with E-state index in [-0.39, 0.29) is 5.91 Å². The van der Waals surface area contributed by atoms with Gasteiger partial charge in [0.25, 0.3) is 0 Å². The molecule has 0 atom stereocenters. The van der Waals surface area contributed by atoms with Crippen molar-refractivity contribution in [1.29, 1.82) is 0 Å². The average Bonchev–Trinajstić information content (AvgIpc) is 3.59. The van der Waals surface area contributed by atoms with Crippen LogP contribution < -0.4 is 20.7 Å². The molecule has 7 heteroatoms. The number of anilines is 3. The van der Waals surface area contributed by atoms with Crippen LogP contribution in [-0.4, -0.2) is 23.0 Å². The number of amides is 1. The lowest BCUT2D eigenvalue weighted by molar-refractivity contribution is -0.121. The molecule has 1 spiro atoms. The molecule has 1 saturated carbocycles. The van der Waals surface area contributed by atoms with Gasteiger partial charge in [0, 0.05) is 29.7 Å². The predicted octanol–water partition coefficient (Wildman–Crippen LogP) is 3.57. The number of nitrogens with zero attached hydrogens (tertiary/aromatic N) is 3. The molecule has 0 unspecified atom stereocenters. The van der Waals surface area contributed by atoms with E-state index in [4.69, 9.17) is 15.5 Å². The van der Waals surface area contributed by atoms with Crippen molar-refractivity contribution in [1.82, 2.24) is 9.97 Å². The number of fused-ring (bicyclic) bond motifs is 2. The number of aryl methyl sites for hydroxylation is 1. The molecule has 31 heavy (non-hydrogen) atoms. The highest BCUT2D eigenvalue weighted by atomic mass is 16.5. The number of carbonyl (C=O) groups is 1. The monoisotopic (exact) mass is 415 g/mol. The van der Waals surface area contributed by atoms with E-state index in [1.807, 2.05) is 60.5 Å². The average molecular weight is 415 g/mol. The fourth-order valence-corrected chi connectivity index (χ4v) is 4.24. The maximum absolute atomic E-state index is 13.5. The summed E-state index contributed by atoms with van der Waals surface area (Å²) in [7, 11) is 1.65. The molecule has 0 saturated heterocycles. The van der Waals surface area contributed by atoms with Crippen LogP contribution in [0.4, 0.5) is 17.3 Å². The number of hydrogen-bond acceptors (Lipinski definition) is 6. The van der Waals surface area contributed by atoms with Gasteiger partial charge >= 0.3 is 0 Å². The predicted molar refractivity (Wildman–Crippen MR) is 120 cm³/mol. The fraction of sp³-hybridized carbons (Fsp3) is 0.292. The molecule has 1 fully saturated rings. The van der Waals surface area contributed by atoms with E-state index in [1.54, 1.807) is 7.11 Å². The Morgan fingerprint density at radius 1 is 1.19 bits per heavy atom. The molecule has 7 nitrogen and oxygen atoms in total. The summed E-state index contributed by atoms with van der Waals surface area (Å²) >= 11 is 0. The maximum atomic E-state index is 13.5. The van der Waals surface area contributed by atoms with E-state index in [0.717, 1.165) is 46.7 Å². The number of hydrogen-bond donors (Lipinski definition) is 2. The number of nitrogen functional groups attached to an aromatic ring is 1. The SMILES string of the molecule is COc1ccc(CNc2ncc3c(n2)C2(CC2)C(=O)N(c2cc(N)ccc2C)C3)cc1. The van der Waals surface area contributed by atoms with E-state index < -0.39 is 5.41 Å². The first-order chi connectivity index (χ1) is 15.0. The van der Waals surface area contributed by atoms with Gasteiger partial charge in [0.1, 0.15) is 5.75 Å². The van der Waals surface area contributed by atoms with E-state index in [9.17, 15) is 4.79 Å². The third-order valence-corrected chi connectivity index (χ3v) is 6.18. The number of nitrogens with one attached hydrogen (secondary N) is 1. The van der Waals surface area contributed by atoms with Crippen LogP contribution in [0.25, 0.3) is 0 Å². The molecule has 1 aromatic heterocycles. The number of nitrogens with two attached hydrogens (primary N) is 1. The van der Waals surface area contributed by atoms with Gasteiger partial charge < -0.3 is 20.7 Å². The van der Waals surface area contributed by atoms with Crippen LogP contribution in [0, 0.1) is 6.92 Å². The van der Waals surface area contributed by atoms with Gasteiger partial charge in [-0.2, -0.15) is 0 Å². The Balaban J connectivity index is 1.41. The smallest absolute Gasteiger partial charge is 0.239 e. The van der Waals surface area contributed by atoms with Gasteiger partial charge in [-0.3, -0.25) is 4.79 Å². The molecule has 1 aliphatic heterocycles. The normalized spacial score (nSPS) is 16.2. The Morgan fingerprint density at radius 2 is 1.97 bits per heavy atom. The number of aromatic nitrogens is 2. The summed E-state index contributed by atoms with van der Waals surface area (Å²) in [6.45, 7) is 3.05. The van der Waals surface area contributed by atoms with E-state index in [2.05, 4.69) is 10.3 Å². The topological polar surface area (TPSA) is 93.4 Å². The standard InChI is InChI=1S/C24H25N5O2/c1-15-3-6-18(25)11-20(15)29-14-17-13-27-23(28-21(17)24(9-10-24)22(29)30)26-12-16-4-7-19(31-2)8-5-16/h3-8,11,13H,9-10,12,14,25H2,1-2H3,(H,26,27,28). The Morgan fingerprint density at radius 3 is 2.68 bits per heavy atom. The fourth-order valence-electron chi connectivity index (χ4n) is 4.24. The van der Waals surface area contributed by atoms with Crippen LogP contribution in [0.2, 0.25) is 0 Å². The van der Waals surface area contributed by atoms with Crippen molar-refractivity contribution in [3.63, 3.8) is 0 Å². The summed E-state index contributed by atoms with van der Waals surface area (Å²) in [5, 5.41) is 3.28. The zero-order chi connectivity index (χ0) is 21.6. The Hall–Kier alpha value is -3.61. The second kappa shape index (κ2) is 7.27.